The Morgan fingerprint density at radius 1 is 1.25 bits per heavy atom. The lowest BCUT2D eigenvalue weighted by Gasteiger charge is -2.36. The zero-order chi connectivity index (χ0) is 18.0. The number of carbonyl (C=O) groups excluding carboxylic acids is 1. The zero-order valence-electron chi connectivity index (χ0n) is 14.4. The maximum absolute atomic E-state index is 13.2. The summed E-state index contributed by atoms with van der Waals surface area (Å²) >= 11 is 6.11. The molecule has 3 atom stereocenters. The molecule has 5 nitrogen and oxygen atoms in total. The third kappa shape index (κ3) is 3.23. The fraction of sp³-hybridized carbons (Fsp3) is 0.500. The maximum atomic E-state index is 13.2. The minimum atomic E-state index is -0.412. The van der Waals surface area contributed by atoms with Crippen molar-refractivity contribution in [1.29, 1.82) is 0 Å². The number of rotatable bonds is 5. The molecule has 1 saturated carbocycles. The summed E-state index contributed by atoms with van der Waals surface area (Å²) in [5.74, 6) is -0.482. The standard InChI is InChI=1S/C18H23ClO5/c1-9-6-10(2)14(11(7-9)22-3)17(20)15-12(23-4)8-13(24-5)16(19)18(15)21/h8,10-11,14,21H,1,6-7H2,2-5H3. The number of carbonyl (C=O) groups is 1. The Morgan fingerprint density at radius 2 is 1.88 bits per heavy atom. The van der Waals surface area contributed by atoms with Crippen LogP contribution in [0.15, 0.2) is 18.2 Å². The van der Waals surface area contributed by atoms with Gasteiger partial charge in [0.15, 0.2) is 11.5 Å². The van der Waals surface area contributed by atoms with Gasteiger partial charge in [0.2, 0.25) is 0 Å². The number of methoxy groups -OCH3 is 3. The van der Waals surface area contributed by atoms with Gasteiger partial charge >= 0.3 is 0 Å². The number of phenols is 1. The number of Topliss-reactive ketones (excluding diaryl/α,β-unsaturated/α-hetero) is 1. The van der Waals surface area contributed by atoms with E-state index in [2.05, 4.69) is 6.58 Å². The molecule has 0 saturated heterocycles. The van der Waals surface area contributed by atoms with E-state index in [-0.39, 0.29) is 45.6 Å². The summed E-state index contributed by atoms with van der Waals surface area (Å²) < 4.78 is 15.9. The highest BCUT2D eigenvalue weighted by atomic mass is 35.5. The molecule has 3 unspecified atom stereocenters. The van der Waals surface area contributed by atoms with E-state index in [1.807, 2.05) is 6.92 Å². The van der Waals surface area contributed by atoms with Gasteiger partial charge in [-0.1, -0.05) is 30.7 Å². The molecule has 0 radical (unpaired) electrons. The Morgan fingerprint density at radius 3 is 2.42 bits per heavy atom. The van der Waals surface area contributed by atoms with E-state index >= 15 is 0 Å². The van der Waals surface area contributed by atoms with Gasteiger partial charge in [-0.15, -0.1) is 0 Å². The van der Waals surface area contributed by atoms with Crippen molar-refractivity contribution in [3.63, 3.8) is 0 Å². The van der Waals surface area contributed by atoms with E-state index < -0.39 is 5.92 Å². The molecule has 2 rings (SSSR count). The average molecular weight is 355 g/mol. The second-order valence-corrected chi connectivity index (χ2v) is 6.50. The highest BCUT2D eigenvalue weighted by Crippen LogP contribution is 2.45. The molecule has 1 aromatic rings. The summed E-state index contributed by atoms with van der Waals surface area (Å²) in [6.45, 7) is 5.99. The third-order valence-corrected chi connectivity index (χ3v) is 4.94. The topological polar surface area (TPSA) is 65.0 Å². The third-order valence-electron chi connectivity index (χ3n) is 4.58. The van der Waals surface area contributed by atoms with Crippen molar-refractivity contribution >= 4 is 17.4 Å². The summed E-state index contributed by atoms with van der Waals surface area (Å²) in [5.41, 5.74) is 1.12. The van der Waals surface area contributed by atoms with Crippen molar-refractivity contribution < 1.29 is 24.1 Å². The van der Waals surface area contributed by atoms with Crippen LogP contribution in [-0.2, 0) is 4.74 Å². The zero-order valence-corrected chi connectivity index (χ0v) is 15.1. The normalized spacial score (nSPS) is 23.9. The first-order valence-electron chi connectivity index (χ1n) is 7.72. The number of benzene rings is 1. The molecule has 0 heterocycles. The fourth-order valence-electron chi connectivity index (χ4n) is 3.41. The predicted molar refractivity (Wildman–Crippen MR) is 92.4 cm³/mol. The predicted octanol–water partition coefficient (Wildman–Crippen LogP) is 3.86. The van der Waals surface area contributed by atoms with E-state index in [1.165, 1.54) is 20.3 Å². The first-order chi connectivity index (χ1) is 11.3. The second-order valence-electron chi connectivity index (χ2n) is 6.12. The Hall–Kier alpha value is -1.72. The van der Waals surface area contributed by atoms with Gasteiger partial charge in [-0.25, -0.2) is 0 Å². The molecular weight excluding hydrogens is 332 g/mol. The summed E-state index contributed by atoms with van der Waals surface area (Å²) in [6.07, 6.45) is 1.06. The van der Waals surface area contributed by atoms with Gasteiger partial charge in [-0.05, 0) is 18.8 Å². The first kappa shape index (κ1) is 18.6. The molecule has 24 heavy (non-hydrogen) atoms. The highest BCUT2D eigenvalue weighted by Gasteiger charge is 2.40. The lowest BCUT2D eigenvalue weighted by atomic mass is 9.72. The SMILES string of the molecule is C=C1CC(C)C(C(=O)c2c(OC)cc(OC)c(Cl)c2O)C(OC)C1. The number of hydrogen-bond donors (Lipinski definition) is 1. The molecule has 0 amide bonds. The number of halogens is 1. The smallest absolute Gasteiger partial charge is 0.176 e. The van der Waals surface area contributed by atoms with E-state index in [4.69, 9.17) is 25.8 Å². The number of phenolic OH excluding ortho intramolecular Hbond substituents is 1. The molecule has 132 valence electrons. The van der Waals surface area contributed by atoms with Crippen LogP contribution in [0.1, 0.15) is 30.1 Å². The van der Waals surface area contributed by atoms with Crippen molar-refractivity contribution in [2.24, 2.45) is 11.8 Å². The van der Waals surface area contributed by atoms with Gasteiger partial charge in [0.05, 0.1) is 26.2 Å². The first-order valence-corrected chi connectivity index (χ1v) is 8.10. The molecule has 0 bridgehead atoms. The molecular formula is C18H23ClO5. The Bertz CT molecular complexity index is 655. The van der Waals surface area contributed by atoms with Gasteiger partial charge < -0.3 is 19.3 Å². The summed E-state index contributed by atoms with van der Waals surface area (Å²) in [7, 11) is 4.44. The van der Waals surface area contributed by atoms with E-state index in [1.54, 1.807) is 7.11 Å². The van der Waals surface area contributed by atoms with E-state index in [0.717, 1.165) is 12.0 Å². The van der Waals surface area contributed by atoms with Crippen molar-refractivity contribution in [2.45, 2.75) is 25.9 Å². The van der Waals surface area contributed by atoms with Gasteiger partial charge in [-0.2, -0.15) is 0 Å². The molecule has 1 aliphatic carbocycles. The minimum absolute atomic E-state index is 0.0107. The Labute approximate surface area is 147 Å². The van der Waals surface area contributed by atoms with Gasteiger partial charge in [-0.3, -0.25) is 4.79 Å². The number of hydrogen-bond acceptors (Lipinski definition) is 5. The molecule has 0 aromatic heterocycles. The number of ether oxygens (including phenoxy) is 3. The van der Waals surface area contributed by atoms with Crippen LogP contribution in [0, 0.1) is 11.8 Å². The van der Waals surface area contributed by atoms with Gasteiger partial charge in [0.1, 0.15) is 22.1 Å². The van der Waals surface area contributed by atoms with E-state index in [9.17, 15) is 9.90 Å². The van der Waals surface area contributed by atoms with Crippen LogP contribution in [0.5, 0.6) is 17.2 Å². The highest BCUT2D eigenvalue weighted by molar-refractivity contribution is 6.34. The number of aromatic hydroxyl groups is 1. The largest absolute Gasteiger partial charge is 0.505 e. The van der Waals surface area contributed by atoms with Crippen molar-refractivity contribution in [1.82, 2.24) is 0 Å². The maximum Gasteiger partial charge on any atom is 0.176 e. The van der Waals surface area contributed by atoms with Crippen molar-refractivity contribution in [3.05, 3.63) is 28.8 Å². The van der Waals surface area contributed by atoms with Gasteiger partial charge in [0.25, 0.3) is 0 Å². The lowest BCUT2D eigenvalue weighted by Crippen LogP contribution is -2.39. The van der Waals surface area contributed by atoms with E-state index in [0.29, 0.717) is 6.42 Å². The van der Waals surface area contributed by atoms with Crippen LogP contribution >= 0.6 is 11.6 Å². The van der Waals surface area contributed by atoms with Crippen LogP contribution in [0.3, 0.4) is 0 Å². The molecule has 1 fully saturated rings. The van der Waals surface area contributed by atoms with Crippen LogP contribution in [-0.4, -0.2) is 38.3 Å². The van der Waals surface area contributed by atoms with Crippen molar-refractivity contribution in [3.8, 4) is 17.2 Å². The lowest BCUT2D eigenvalue weighted by molar-refractivity contribution is 0.0181. The molecule has 0 aliphatic heterocycles. The summed E-state index contributed by atoms with van der Waals surface area (Å²) in [5, 5.41) is 10.4. The summed E-state index contributed by atoms with van der Waals surface area (Å²) in [4.78, 5) is 13.2. The molecule has 1 aromatic carbocycles. The fourth-order valence-corrected chi connectivity index (χ4v) is 3.64. The van der Waals surface area contributed by atoms with Gasteiger partial charge in [0, 0.05) is 13.2 Å². The monoisotopic (exact) mass is 354 g/mol. The molecule has 1 aliphatic rings. The molecule has 1 N–H and O–H groups in total. The summed E-state index contributed by atoms with van der Waals surface area (Å²) in [6, 6.07) is 1.50. The molecule has 0 spiro atoms. The second kappa shape index (κ2) is 7.45. The quantitative estimate of drug-likeness (QED) is 0.642. The van der Waals surface area contributed by atoms with Crippen LogP contribution in [0.2, 0.25) is 5.02 Å². The Balaban J connectivity index is 2.52. The van der Waals surface area contributed by atoms with Crippen LogP contribution < -0.4 is 9.47 Å². The van der Waals surface area contributed by atoms with Crippen LogP contribution in [0.25, 0.3) is 0 Å². The Kier molecular flexibility index (Phi) is 5.78. The van der Waals surface area contributed by atoms with Crippen molar-refractivity contribution in [2.75, 3.05) is 21.3 Å². The van der Waals surface area contributed by atoms with Crippen LogP contribution in [0.4, 0.5) is 0 Å². The molecule has 6 heteroatoms. The number of ketones is 1. The minimum Gasteiger partial charge on any atom is -0.505 e. The average Bonchev–Trinajstić information content (AvgIpc) is 2.55.